The lowest BCUT2D eigenvalue weighted by molar-refractivity contribution is 1.60. The molecule has 0 aromatic heterocycles. The molecule has 10 aromatic carbocycles. The first-order chi connectivity index (χ1) is 33.4. The van der Waals surface area contributed by atoms with Gasteiger partial charge >= 0.3 is 0 Å². The Morgan fingerprint density at radius 1 is 0.317 bits per heavy atom. The molecule has 0 unspecified atom stereocenters. The van der Waals surface area contributed by atoms with Gasteiger partial charge in [0.25, 0.3) is 0 Å². The van der Waals surface area contributed by atoms with Gasteiger partial charge in [-0.1, -0.05) is 241 Å². The first-order valence-electron chi connectivity index (χ1n) is 24.4. The van der Waals surface area contributed by atoms with E-state index >= 15 is 0 Å². The molecular weight excluding hydrogens is 788 g/mol. The van der Waals surface area contributed by atoms with Crippen LogP contribution in [0, 0.1) is 0 Å². The van der Waals surface area contributed by atoms with E-state index in [0.29, 0.717) is 5.56 Å². The van der Waals surface area contributed by atoms with Crippen molar-refractivity contribution in [1.82, 2.24) is 0 Å². The molecule has 14 rings (SSSR count). The topological polar surface area (TPSA) is 0 Å². The van der Waals surface area contributed by atoms with E-state index < -0.39 is 22.2 Å². The van der Waals surface area contributed by atoms with E-state index in [1.165, 1.54) is 80.1 Å². The number of hydrogen-bond donors (Lipinski definition) is 0. The monoisotopic (exact) mass is 831 g/mol. The fraction of sp³-hybridized carbons (Fsp3) is 0. The SMILES string of the molecule is [2H]c1c([2H])c([2H])c(-c2cc3c4c(c2)-c2cccc5c2-c2c(cccc2[Si]5(c2ccccc2)c2ccccc2)B4c2cccc4c2-c2c-3cccc2[Si]4(c2ccccc2)c2ccccc2)c([2H])c1[2H]. The average molecular weight is 832 g/mol. The third kappa shape index (κ3) is 4.45. The second-order valence-electron chi connectivity index (χ2n) is 17.4. The Hall–Kier alpha value is -7.30. The summed E-state index contributed by atoms with van der Waals surface area (Å²) >= 11 is 0. The van der Waals surface area contributed by atoms with Crippen molar-refractivity contribution in [3.05, 3.63) is 236 Å². The second-order valence-corrected chi connectivity index (χ2v) is 24.8. The van der Waals surface area contributed by atoms with Gasteiger partial charge in [-0.15, -0.1) is 0 Å². The van der Waals surface area contributed by atoms with Gasteiger partial charge < -0.3 is 0 Å². The van der Waals surface area contributed by atoms with Crippen molar-refractivity contribution >= 4 is 80.7 Å². The highest BCUT2D eigenvalue weighted by Gasteiger charge is 2.55. The van der Waals surface area contributed by atoms with Crippen LogP contribution in [-0.4, -0.2) is 22.9 Å². The number of benzene rings is 10. The van der Waals surface area contributed by atoms with Crippen LogP contribution < -0.4 is 57.9 Å². The minimum Gasteiger partial charge on any atom is -0.0664 e. The molecule has 0 saturated carbocycles. The maximum atomic E-state index is 9.39. The van der Waals surface area contributed by atoms with Crippen LogP contribution in [0.1, 0.15) is 6.85 Å². The summed E-state index contributed by atoms with van der Waals surface area (Å²) in [6.45, 7) is -0.216. The quantitative estimate of drug-likeness (QED) is 0.173. The highest BCUT2D eigenvalue weighted by Crippen LogP contribution is 2.45. The molecule has 0 bridgehead atoms. The molecule has 0 aliphatic carbocycles. The van der Waals surface area contributed by atoms with E-state index in [0.717, 1.165) is 22.3 Å². The van der Waals surface area contributed by atoms with Gasteiger partial charge in [0.1, 0.15) is 0 Å². The van der Waals surface area contributed by atoms with Crippen LogP contribution in [0.15, 0.2) is 236 Å². The molecule has 10 aromatic rings. The smallest absolute Gasteiger partial charge is 0.0664 e. The zero-order valence-electron chi connectivity index (χ0n) is 39.2. The minimum absolute atomic E-state index is 0.200. The van der Waals surface area contributed by atoms with Crippen LogP contribution in [-0.2, 0) is 0 Å². The van der Waals surface area contributed by atoms with Gasteiger partial charge in [0.15, 0.2) is 16.1 Å². The Morgan fingerprint density at radius 2 is 0.683 bits per heavy atom. The van der Waals surface area contributed by atoms with Crippen LogP contribution in [0.4, 0.5) is 0 Å². The molecule has 4 heterocycles. The predicted octanol–water partition coefficient (Wildman–Crippen LogP) is 6.55. The summed E-state index contributed by atoms with van der Waals surface area (Å²) in [4.78, 5) is 0. The summed E-state index contributed by atoms with van der Waals surface area (Å²) < 4.78 is 45.1. The molecule has 0 fully saturated rings. The molecular formula is C60H39BSi2. The average Bonchev–Trinajstić information content (AvgIpc) is 3.79. The minimum atomic E-state index is -2.95. The predicted molar refractivity (Wildman–Crippen MR) is 273 cm³/mol. The Balaban J connectivity index is 1.21. The molecule has 4 aliphatic heterocycles. The number of rotatable bonds is 5. The van der Waals surface area contributed by atoms with Crippen molar-refractivity contribution in [2.75, 3.05) is 0 Å². The van der Waals surface area contributed by atoms with Gasteiger partial charge in [0.05, 0.1) is 6.85 Å². The fourth-order valence-corrected chi connectivity index (χ4v) is 23.0. The number of hydrogen-bond acceptors (Lipinski definition) is 0. The van der Waals surface area contributed by atoms with E-state index in [1.807, 2.05) is 0 Å². The Morgan fingerprint density at radius 3 is 1.08 bits per heavy atom. The molecule has 0 amide bonds. The molecule has 0 nitrogen and oxygen atoms in total. The first-order valence-corrected chi connectivity index (χ1v) is 25.9. The van der Waals surface area contributed by atoms with Crippen LogP contribution in [0.2, 0.25) is 0 Å². The molecule has 0 spiro atoms. The van der Waals surface area contributed by atoms with Crippen molar-refractivity contribution in [2.24, 2.45) is 0 Å². The maximum Gasteiger partial charge on any atom is 0.244 e. The molecule has 290 valence electrons. The zero-order chi connectivity index (χ0) is 45.6. The number of fused-ring (bicyclic) bond motifs is 4. The lowest BCUT2D eigenvalue weighted by Crippen LogP contribution is -2.73. The van der Waals surface area contributed by atoms with Gasteiger partial charge in [-0.2, -0.15) is 0 Å². The molecule has 0 saturated heterocycles. The van der Waals surface area contributed by atoms with Crippen molar-refractivity contribution in [3.63, 3.8) is 0 Å². The van der Waals surface area contributed by atoms with Gasteiger partial charge in [-0.05, 0) is 109 Å². The second kappa shape index (κ2) is 13.1. The maximum absolute atomic E-state index is 9.39. The normalized spacial score (nSPS) is 15.7. The van der Waals surface area contributed by atoms with Crippen molar-refractivity contribution in [3.8, 4) is 55.6 Å². The lowest BCUT2D eigenvalue weighted by atomic mass is 9.34. The summed E-state index contributed by atoms with van der Waals surface area (Å²) in [7, 11) is -5.90. The van der Waals surface area contributed by atoms with Crippen molar-refractivity contribution in [2.45, 2.75) is 0 Å². The standard InChI is InChI=1S/C60H39BSi2/c1-6-20-40(21-7-1)41-38-48-46-30-16-34-52-56(46)58-50(32-18-36-54(58)62(52,42-22-8-2-9-23-42)43-24-10-3-11-25-43)61-51-33-19-37-55-59(51)57-47(49(39-41)60(48)61)31-17-35-53(57)63(55,44-26-12-4-13-27-44)45-28-14-5-15-29-45/h1-39H/i1D,6D,7D,20D,21D. The molecule has 3 heteroatoms. The van der Waals surface area contributed by atoms with Crippen LogP contribution >= 0.6 is 0 Å². The molecule has 0 atom stereocenters. The van der Waals surface area contributed by atoms with E-state index in [4.69, 9.17) is 4.11 Å². The molecule has 63 heavy (non-hydrogen) atoms. The van der Waals surface area contributed by atoms with Crippen molar-refractivity contribution in [1.29, 1.82) is 0 Å². The summed E-state index contributed by atoms with van der Waals surface area (Å²) in [6, 6.07) is 75.4. The molecule has 0 radical (unpaired) electrons. The summed E-state index contributed by atoms with van der Waals surface area (Å²) in [5.41, 5.74) is 13.9. The Bertz CT molecular complexity index is 3490. The van der Waals surface area contributed by atoms with E-state index in [1.54, 1.807) is 0 Å². The van der Waals surface area contributed by atoms with Crippen molar-refractivity contribution < 1.29 is 6.85 Å². The summed E-state index contributed by atoms with van der Waals surface area (Å²) in [5.74, 6) is 0. The lowest BCUT2D eigenvalue weighted by Gasteiger charge is -2.33. The van der Waals surface area contributed by atoms with E-state index in [-0.39, 0.29) is 36.4 Å². The van der Waals surface area contributed by atoms with Crippen LogP contribution in [0.25, 0.3) is 55.6 Å². The molecule has 0 N–H and O–H groups in total. The Kier molecular flexibility index (Phi) is 6.38. The third-order valence-corrected chi connectivity index (χ3v) is 24.4. The summed E-state index contributed by atoms with van der Waals surface area (Å²) in [6.07, 6.45) is 0. The van der Waals surface area contributed by atoms with Crippen LogP contribution in [0.5, 0.6) is 0 Å². The van der Waals surface area contributed by atoms with E-state index in [9.17, 15) is 2.74 Å². The first kappa shape index (κ1) is 30.7. The van der Waals surface area contributed by atoms with E-state index in [2.05, 4.69) is 206 Å². The van der Waals surface area contributed by atoms with Gasteiger partial charge in [0, 0.05) is 0 Å². The van der Waals surface area contributed by atoms with Gasteiger partial charge in [-0.3, -0.25) is 0 Å². The molecule has 4 aliphatic rings. The third-order valence-electron chi connectivity index (χ3n) is 14.7. The Labute approximate surface area is 378 Å². The highest BCUT2D eigenvalue weighted by atomic mass is 28.3. The summed E-state index contributed by atoms with van der Waals surface area (Å²) in [5, 5.41) is 10.8. The van der Waals surface area contributed by atoms with Crippen LogP contribution in [0.3, 0.4) is 0 Å². The zero-order valence-corrected chi connectivity index (χ0v) is 36.2. The van der Waals surface area contributed by atoms with Gasteiger partial charge in [0.2, 0.25) is 6.71 Å². The highest BCUT2D eigenvalue weighted by molar-refractivity contribution is 7.24. The fourth-order valence-electron chi connectivity index (χ4n) is 12.6. The largest absolute Gasteiger partial charge is 0.244 e. The van der Waals surface area contributed by atoms with Gasteiger partial charge in [-0.25, -0.2) is 0 Å².